The van der Waals surface area contributed by atoms with Crippen molar-refractivity contribution >= 4 is 33.4 Å². The van der Waals surface area contributed by atoms with Gasteiger partial charge in [-0.05, 0) is 66.4 Å². The third-order valence-electron chi connectivity index (χ3n) is 6.39. The predicted molar refractivity (Wildman–Crippen MR) is 136 cm³/mol. The number of benzene rings is 3. The van der Waals surface area contributed by atoms with Gasteiger partial charge in [0.15, 0.2) is 0 Å². The summed E-state index contributed by atoms with van der Waals surface area (Å²) in [6.07, 6.45) is 1.35. The smallest absolute Gasteiger partial charge is 0.253 e. The molecular weight excluding hydrogens is 464 g/mol. The number of carbonyl (C=O) groups excluding carboxylic acids is 2. The Bertz CT molecular complexity index is 1220. The number of ether oxygens (including phenoxy) is 2. The fourth-order valence-electron chi connectivity index (χ4n) is 4.25. The molecule has 184 valence electrons. The van der Waals surface area contributed by atoms with Crippen LogP contribution in [0, 0.1) is 0 Å². The van der Waals surface area contributed by atoms with Crippen LogP contribution in [0.1, 0.15) is 29.6 Å². The summed E-state index contributed by atoms with van der Waals surface area (Å²) in [5, 5.41) is 2.14. The van der Waals surface area contributed by atoms with Gasteiger partial charge in [-0.25, -0.2) is 0 Å². The Morgan fingerprint density at radius 2 is 1.71 bits per heavy atom. The molecule has 0 bridgehead atoms. The molecule has 7 nitrogen and oxygen atoms in total. The van der Waals surface area contributed by atoms with Crippen LogP contribution in [0.5, 0.6) is 5.75 Å². The van der Waals surface area contributed by atoms with Gasteiger partial charge in [-0.3, -0.25) is 13.8 Å². The fourth-order valence-corrected chi connectivity index (χ4v) is 5.80. The Labute approximate surface area is 207 Å². The molecule has 0 aromatic heterocycles. The van der Waals surface area contributed by atoms with Gasteiger partial charge < -0.3 is 20.1 Å². The third kappa shape index (κ3) is 5.55. The fraction of sp³-hybridized carbons (Fsp3) is 0.333. The van der Waals surface area contributed by atoms with Crippen molar-refractivity contribution in [3.8, 4) is 5.75 Å². The first-order valence-electron chi connectivity index (χ1n) is 11.7. The molecule has 1 heterocycles. The first kappa shape index (κ1) is 24.9. The minimum absolute atomic E-state index is 0.0286. The van der Waals surface area contributed by atoms with Crippen LogP contribution in [0.15, 0.2) is 71.6 Å². The number of amides is 2. The topological polar surface area (TPSA) is 98.9 Å². The van der Waals surface area contributed by atoms with Gasteiger partial charge >= 0.3 is 0 Å². The molecule has 0 radical (unpaired) electrons. The van der Waals surface area contributed by atoms with Gasteiger partial charge in [0.2, 0.25) is 5.91 Å². The summed E-state index contributed by atoms with van der Waals surface area (Å²) in [5.74, 6) is 0.0512. The van der Waals surface area contributed by atoms with Crippen LogP contribution in [0.3, 0.4) is 0 Å². The number of hydrogen-bond donors (Lipinski definition) is 1. The van der Waals surface area contributed by atoms with Crippen LogP contribution >= 0.6 is 0 Å². The zero-order valence-electron chi connectivity index (χ0n) is 19.8. The van der Waals surface area contributed by atoms with Gasteiger partial charge in [-0.1, -0.05) is 30.3 Å². The second kappa shape index (κ2) is 11.0. The summed E-state index contributed by atoms with van der Waals surface area (Å²) >= 11 is 0. The number of primary amides is 1. The maximum Gasteiger partial charge on any atom is 0.253 e. The summed E-state index contributed by atoms with van der Waals surface area (Å²) in [6.45, 7) is 1.72. The molecule has 0 saturated carbocycles. The van der Waals surface area contributed by atoms with Crippen molar-refractivity contribution in [2.24, 2.45) is 5.73 Å². The second-order valence-electron chi connectivity index (χ2n) is 8.70. The lowest BCUT2D eigenvalue weighted by Gasteiger charge is -2.33. The first-order valence-corrected chi connectivity index (χ1v) is 12.8. The van der Waals surface area contributed by atoms with Crippen LogP contribution in [0.25, 0.3) is 10.8 Å². The minimum atomic E-state index is -1.57. The maximum absolute atomic E-state index is 13.1. The molecule has 0 aliphatic carbocycles. The minimum Gasteiger partial charge on any atom is -0.494 e. The molecule has 4 rings (SSSR count). The van der Waals surface area contributed by atoms with Gasteiger partial charge in [0.1, 0.15) is 10.5 Å². The highest BCUT2D eigenvalue weighted by molar-refractivity contribution is 7.87. The number of carbonyl (C=O) groups is 2. The van der Waals surface area contributed by atoms with Gasteiger partial charge in [0.25, 0.3) is 5.91 Å². The lowest BCUT2D eigenvalue weighted by Crippen LogP contribution is -2.51. The molecule has 35 heavy (non-hydrogen) atoms. The summed E-state index contributed by atoms with van der Waals surface area (Å²) < 4.78 is 23.2. The average molecular weight is 495 g/mol. The molecule has 2 N–H and O–H groups in total. The standard InChI is InChI=1S/C27H30N2O5S/c1-29(25(30)22-8-7-20-5-2-3-6-21(20)19-22)15-4-16-34-23-9-11-24(12-10-23)35(32)27(26(28)31)13-17-33-18-14-27/h2-3,5-12,19H,4,13-18H2,1H3,(H2,28,31). The van der Waals surface area contributed by atoms with Gasteiger partial charge in [-0.2, -0.15) is 0 Å². The highest BCUT2D eigenvalue weighted by Crippen LogP contribution is 2.32. The van der Waals surface area contributed by atoms with Crippen molar-refractivity contribution in [1.82, 2.24) is 4.90 Å². The van der Waals surface area contributed by atoms with Crippen molar-refractivity contribution < 1.29 is 23.3 Å². The van der Waals surface area contributed by atoms with E-state index in [1.54, 1.807) is 36.2 Å². The van der Waals surface area contributed by atoms with E-state index in [0.29, 0.717) is 61.8 Å². The van der Waals surface area contributed by atoms with Gasteiger partial charge in [0.05, 0.1) is 17.4 Å². The third-order valence-corrected chi connectivity index (χ3v) is 8.41. The van der Waals surface area contributed by atoms with E-state index < -0.39 is 21.5 Å². The Kier molecular flexibility index (Phi) is 7.83. The monoisotopic (exact) mass is 494 g/mol. The maximum atomic E-state index is 13.1. The summed E-state index contributed by atoms with van der Waals surface area (Å²) in [7, 11) is 0.217. The Balaban J connectivity index is 1.28. The summed E-state index contributed by atoms with van der Waals surface area (Å²) in [4.78, 5) is 27.1. The molecule has 1 unspecified atom stereocenters. The Morgan fingerprint density at radius 1 is 1.03 bits per heavy atom. The van der Waals surface area contributed by atoms with Crippen LogP contribution in [-0.4, -0.2) is 59.1 Å². The largest absolute Gasteiger partial charge is 0.494 e. The molecule has 8 heteroatoms. The summed E-state index contributed by atoms with van der Waals surface area (Å²) in [6, 6.07) is 20.6. The van der Waals surface area contributed by atoms with E-state index in [1.807, 2.05) is 42.5 Å². The van der Waals surface area contributed by atoms with E-state index in [2.05, 4.69) is 0 Å². The molecule has 2 amide bonds. The molecule has 1 fully saturated rings. The highest BCUT2D eigenvalue weighted by atomic mass is 32.2. The number of fused-ring (bicyclic) bond motifs is 1. The molecule has 3 aromatic rings. The number of hydrogen-bond acceptors (Lipinski definition) is 5. The van der Waals surface area contributed by atoms with Crippen molar-refractivity contribution in [3.63, 3.8) is 0 Å². The predicted octanol–water partition coefficient (Wildman–Crippen LogP) is 3.52. The number of nitrogens with zero attached hydrogens (tertiary/aromatic N) is 1. The van der Waals surface area contributed by atoms with E-state index in [4.69, 9.17) is 15.2 Å². The zero-order valence-corrected chi connectivity index (χ0v) is 20.6. The quantitative estimate of drug-likeness (QED) is 0.459. The molecular formula is C27H30N2O5S. The van der Waals surface area contributed by atoms with Crippen LogP contribution in [-0.2, 0) is 20.3 Å². The van der Waals surface area contributed by atoms with E-state index in [-0.39, 0.29) is 5.91 Å². The zero-order chi connectivity index (χ0) is 24.8. The van der Waals surface area contributed by atoms with E-state index in [1.165, 1.54) is 0 Å². The molecule has 0 spiro atoms. The van der Waals surface area contributed by atoms with Crippen molar-refractivity contribution in [2.45, 2.75) is 28.9 Å². The number of nitrogens with two attached hydrogens (primary N) is 1. The molecule has 3 aromatic carbocycles. The SMILES string of the molecule is CN(CCCOc1ccc(S(=O)C2(C(N)=O)CCOCC2)cc1)C(=O)c1ccc2ccccc2c1. The van der Waals surface area contributed by atoms with E-state index >= 15 is 0 Å². The summed E-state index contributed by atoms with van der Waals surface area (Å²) in [5.41, 5.74) is 6.28. The molecule has 1 saturated heterocycles. The van der Waals surface area contributed by atoms with Crippen LogP contribution < -0.4 is 10.5 Å². The number of rotatable bonds is 9. The first-order chi connectivity index (χ1) is 16.9. The van der Waals surface area contributed by atoms with Crippen molar-refractivity contribution in [2.75, 3.05) is 33.4 Å². The Hall–Kier alpha value is -3.23. The lowest BCUT2D eigenvalue weighted by molar-refractivity contribution is -0.122. The van der Waals surface area contributed by atoms with Gasteiger partial charge in [0, 0.05) is 37.3 Å². The normalized spacial score (nSPS) is 15.9. The molecule has 1 aliphatic heterocycles. The Morgan fingerprint density at radius 3 is 2.40 bits per heavy atom. The second-order valence-corrected chi connectivity index (χ2v) is 10.5. The molecule has 1 atom stereocenters. The lowest BCUT2D eigenvalue weighted by atomic mass is 9.98. The van der Waals surface area contributed by atoms with Crippen LogP contribution in [0.4, 0.5) is 0 Å². The van der Waals surface area contributed by atoms with Crippen molar-refractivity contribution in [1.29, 1.82) is 0 Å². The average Bonchev–Trinajstić information content (AvgIpc) is 2.90. The van der Waals surface area contributed by atoms with Crippen LogP contribution in [0.2, 0.25) is 0 Å². The highest BCUT2D eigenvalue weighted by Gasteiger charge is 2.45. The molecule has 1 aliphatic rings. The van der Waals surface area contributed by atoms with Crippen molar-refractivity contribution in [3.05, 3.63) is 72.3 Å². The van der Waals surface area contributed by atoms with E-state index in [0.717, 1.165) is 10.8 Å². The van der Waals surface area contributed by atoms with Gasteiger partial charge in [-0.15, -0.1) is 0 Å². The van der Waals surface area contributed by atoms with E-state index in [9.17, 15) is 13.8 Å².